The number of benzene rings is 1. The number of carbonyl (C=O) groups is 2. The number of anilines is 1. The lowest BCUT2D eigenvalue weighted by Gasteiger charge is -2.36. The molecule has 1 fully saturated rings. The molecule has 2 N–H and O–H groups in total. The lowest BCUT2D eigenvalue weighted by atomic mass is 10.1. The first-order valence-electron chi connectivity index (χ1n) is 8.02. The van der Waals surface area contributed by atoms with Crippen molar-refractivity contribution in [2.45, 2.75) is 19.4 Å². The molecule has 1 unspecified atom stereocenters. The Kier molecular flexibility index (Phi) is 10.7. The number of nitrogens with zero attached hydrogens (tertiary/aromatic N) is 2. The molecule has 0 bridgehead atoms. The van der Waals surface area contributed by atoms with Gasteiger partial charge in [-0.25, -0.2) is 4.39 Å². The summed E-state index contributed by atoms with van der Waals surface area (Å²) in [4.78, 5) is 27.2. The van der Waals surface area contributed by atoms with Gasteiger partial charge in [-0.05, 0) is 25.1 Å². The van der Waals surface area contributed by atoms with Crippen LogP contribution in [-0.4, -0.2) is 62.5 Å². The highest BCUT2D eigenvalue weighted by Gasteiger charge is 2.24. The molecule has 0 radical (unpaired) electrons. The molecule has 1 aliphatic heterocycles. The van der Waals surface area contributed by atoms with Crippen molar-refractivity contribution < 1.29 is 18.7 Å². The molecule has 1 aliphatic rings. The highest BCUT2D eigenvalue weighted by molar-refractivity contribution is 5.94. The maximum absolute atomic E-state index is 14.2. The zero-order chi connectivity index (χ0) is 17.7. The first-order valence-corrected chi connectivity index (χ1v) is 8.02. The first-order chi connectivity index (χ1) is 11.5. The van der Waals surface area contributed by atoms with Crippen LogP contribution >= 0.6 is 24.8 Å². The summed E-state index contributed by atoms with van der Waals surface area (Å²) in [7, 11) is 1.54. The lowest BCUT2D eigenvalue weighted by Crippen LogP contribution is -2.50. The van der Waals surface area contributed by atoms with Gasteiger partial charge in [0.05, 0.1) is 18.2 Å². The minimum Gasteiger partial charge on any atom is -0.380 e. The molecular formula is C17H26Cl2FN3O3. The molecule has 1 aromatic rings. The third kappa shape index (κ3) is 6.09. The van der Waals surface area contributed by atoms with Crippen LogP contribution in [0.25, 0.3) is 0 Å². The van der Waals surface area contributed by atoms with Gasteiger partial charge >= 0.3 is 0 Å². The summed E-state index contributed by atoms with van der Waals surface area (Å²) in [6.07, 6.45) is -0.0126. The standard InChI is InChI=1S/C17H24FN3O3.2ClH/c1-12(22)13-3-4-16(15(18)9-13)20-5-7-21(8-6-20)17(23)10-14(11-19)24-2;;/h3-4,9,14H,5-8,10-11,19H2,1-2H3;2*1H. The fourth-order valence-corrected chi connectivity index (χ4v) is 2.77. The van der Waals surface area contributed by atoms with Gasteiger partial charge in [-0.2, -0.15) is 0 Å². The molecule has 0 aliphatic carbocycles. The van der Waals surface area contributed by atoms with Gasteiger partial charge in [-0.1, -0.05) is 0 Å². The minimum atomic E-state index is -0.412. The third-order valence-electron chi connectivity index (χ3n) is 4.33. The Labute approximate surface area is 165 Å². The van der Waals surface area contributed by atoms with E-state index >= 15 is 0 Å². The van der Waals surface area contributed by atoms with Crippen LogP contribution in [-0.2, 0) is 9.53 Å². The molecule has 2 rings (SSSR count). The number of methoxy groups -OCH3 is 1. The van der Waals surface area contributed by atoms with Gasteiger partial charge in [-0.15, -0.1) is 24.8 Å². The summed E-state index contributed by atoms with van der Waals surface area (Å²) in [5.41, 5.74) is 6.36. The topological polar surface area (TPSA) is 75.9 Å². The van der Waals surface area contributed by atoms with Gasteiger partial charge in [0.25, 0.3) is 0 Å². The van der Waals surface area contributed by atoms with E-state index in [9.17, 15) is 14.0 Å². The van der Waals surface area contributed by atoms with Crippen LogP contribution in [0.5, 0.6) is 0 Å². The van der Waals surface area contributed by atoms with E-state index in [0.29, 0.717) is 44.0 Å². The average Bonchev–Trinajstić information content (AvgIpc) is 2.59. The van der Waals surface area contributed by atoms with E-state index in [-0.39, 0.29) is 49.0 Å². The predicted octanol–water partition coefficient (Wildman–Crippen LogP) is 1.88. The Morgan fingerprint density at radius 3 is 2.31 bits per heavy atom. The number of rotatable bonds is 6. The molecule has 1 atom stereocenters. The van der Waals surface area contributed by atoms with Crippen LogP contribution in [0.4, 0.5) is 10.1 Å². The molecule has 0 saturated carbocycles. The number of nitrogens with two attached hydrogens (primary N) is 1. The average molecular weight is 410 g/mol. The molecule has 1 heterocycles. The fourth-order valence-electron chi connectivity index (χ4n) is 2.77. The Bertz CT molecular complexity index is 607. The SMILES string of the molecule is COC(CN)CC(=O)N1CCN(c2ccc(C(C)=O)cc2F)CC1.Cl.Cl. The summed E-state index contributed by atoms with van der Waals surface area (Å²) in [6, 6.07) is 4.52. The molecule has 1 aromatic carbocycles. The quantitative estimate of drug-likeness (QED) is 0.725. The molecular weight excluding hydrogens is 384 g/mol. The van der Waals surface area contributed by atoms with Crippen LogP contribution in [0.2, 0.25) is 0 Å². The van der Waals surface area contributed by atoms with Crippen LogP contribution < -0.4 is 10.6 Å². The second kappa shape index (κ2) is 11.3. The third-order valence-corrected chi connectivity index (χ3v) is 4.33. The number of halogens is 3. The number of ether oxygens (including phenoxy) is 1. The minimum absolute atomic E-state index is 0. The number of Topliss-reactive ketones (excluding diaryl/α,β-unsaturated/α-hetero) is 1. The van der Waals surface area contributed by atoms with Crippen molar-refractivity contribution in [2.24, 2.45) is 5.73 Å². The molecule has 9 heteroatoms. The number of carbonyl (C=O) groups excluding carboxylic acids is 2. The van der Waals surface area contributed by atoms with E-state index in [4.69, 9.17) is 10.5 Å². The molecule has 148 valence electrons. The smallest absolute Gasteiger partial charge is 0.225 e. The van der Waals surface area contributed by atoms with E-state index < -0.39 is 5.82 Å². The Morgan fingerprint density at radius 2 is 1.85 bits per heavy atom. The van der Waals surface area contributed by atoms with E-state index in [1.54, 1.807) is 17.0 Å². The number of hydrogen-bond acceptors (Lipinski definition) is 5. The van der Waals surface area contributed by atoms with E-state index in [1.165, 1.54) is 20.1 Å². The summed E-state index contributed by atoms with van der Waals surface area (Å²) in [5, 5.41) is 0. The zero-order valence-corrected chi connectivity index (χ0v) is 16.6. The van der Waals surface area contributed by atoms with Crippen molar-refractivity contribution in [1.82, 2.24) is 4.90 Å². The molecule has 26 heavy (non-hydrogen) atoms. The van der Waals surface area contributed by atoms with Crippen LogP contribution in [0.15, 0.2) is 18.2 Å². The van der Waals surface area contributed by atoms with E-state index in [2.05, 4.69) is 0 Å². The lowest BCUT2D eigenvalue weighted by molar-refractivity contribution is -0.133. The maximum atomic E-state index is 14.2. The van der Waals surface area contributed by atoms with Crippen molar-refractivity contribution >= 4 is 42.2 Å². The molecule has 1 amide bonds. The van der Waals surface area contributed by atoms with Gasteiger partial charge in [-0.3, -0.25) is 9.59 Å². The van der Waals surface area contributed by atoms with Crippen molar-refractivity contribution in [1.29, 1.82) is 0 Å². The van der Waals surface area contributed by atoms with Gasteiger partial charge in [0.2, 0.25) is 5.91 Å². The van der Waals surface area contributed by atoms with Crippen LogP contribution in [0, 0.1) is 5.82 Å². The largest absolute Gasteiger partial charge is 0.380 e. The molecule has 6 nitrogen and oxygen atoms in total. The van der Waals surface area contributed by atoms with E-state index in [1.807, 2.05) is 4.90 Å². The number of amides is 1. The highest BCUT2D eigenvalue weighted by Crippen LogP contribution is 2.22. The fraction of sp³-hybridized carbons (Fsp3) is 0.529. The van der Waals surface area contributed by atoms with E-state index in [0.717, 1.165) is 0 Å². The highest BCUT2D eigenvalue weighted by atomic mass is 35.5. The van der Waals surface area contributed by atoms with Gasteiger partial charge in [0.1, 0.15) is 5.82 Å². The van der Waals surface area contributed by atoms with Crippen molar-refractivity contribution in [3.8, 4) is 0 Å². The second-order valence-corrected chi connectivity index (χ2v) is 5.89. The maximum Gasteiger partial charge on any atom is 0.225 e. The molecule has 1 saturated heterocycles. The zero-order valence-electron chi connectivity index (χ0n) is 14.9. The number of piperazine rings is 1. The Balaban J connectivity index is 0.00000312. The number of hydrogen-bond donors (Lipinski definition) is 1. The molecule has 0 aromatic heterocycles. The van der Waals surface area contributed by atoms with Gasteiger partial charge in [0.15, 0.2) is 5.78 Å². The normalized spacial score (nSPS) is 14.9. The summed E-state index contributed by atoms with van der Waals surface area (Å²) in [5.74, 6) is -0.576. The monoisotopic (exact) mass is 409 g/mol. The summed E-state index contributed by atoms with van der Waals surface area (Å²) in [6.45, 7) is 3.84. The Hall–Kier alpha value is -1.41. The first kappa shape index (κ1) is 24.6. The molecule has 0 spiro atoms. The number of ketones is 1. The summed E-state index contributed by atoms with van der Waals surface area (Å²) >= 11 is 0. The van der Waals surface area contributed by atoms with Crippen LogP contribution in [0.3, 0.4) is 0 Å². The van der Waals surface area contributed by atoms with Gasteiger partial charge in [0, 0.05) is 45.4 Å². The van der Waals surface area contributed by atoms with Crippen LogP contribution in [0.1, 0.15) is 23.7 Å². The Morgan fingerprint density at radius 1 is 1.23 bits per heavy atom. The van der Waals surface area contributed by atoms with Crippen molar-refractivity contribution in [2.75, 3.05) is 44.7 Å². The van der Waals surface area contributed by atoms with Crippen molar-refractivity contribution in [3.05, 3.63) is 29.6 Å². The predicted molar refractivity (Wildman–Crippen MR) is 104 cm³/mol. The second-order valence-electron chi connectivity index (χ2n) is 5.89. The summed E-state index contributed by atoms with van der Waals surface area (Å²) < 4.78 is 19.3. The van der Waals surface area contributed by atoms with Crippen molar-refractivity contribution in [3.63, 3.8) is 0 Å². The van der Waals surface area contributed by atoms with Gasteiger partial charge < -0.3 is 20.3 Å².